The van der Waals surface area contributed by atoms with E-state index in [9.17, 15) is 4.79 Å². The van der Waals surface area contributed by atoms with Gasteiger partial charge in [0.1, 0.15) is 5.70 Å². The first-order valence-corrected chi connectivity index (χ1v) is 7.52. The van der Waals surface area contributed by atoms with Gasteiger partial charge in [0.05, 0.1) is 0 Å². The van der Waals surface area contributed by atoms with Crippen LogP contribution in [0.4, 0.5) is 5.69 Å². The summed E-state index contributed by atoms with van der Waals surface area (Å²) in [6.45, 7) is 6.25. The summed E-state index contributed by atoms with van der Waals surface area (Å²) >= 11 is 5.20. The lowest BCUT2D eigenvalue weighted by Crippen LogP contribution is -2.26. The molecule has 1 fully saturated rings. The molecule has 5 heteroatoms. The zero-order chi connectivity index (χ0) is 15.6. The molecule has 4 nitrogen and oxygen atoms in total. The van der Waals surface area contributed by atoms with E-state index >= 15 is 0 Å². The lowest BCUT2D eigenvalue weighted by molar-refractivity contribution is -0.121. The molecule has 0 spiro atoms. The standard InChI is InChI=1S/C16H21N3OS/c1-5-19(6-2)13-9-7-12(8-10-13)11-14-15(20)18(4)16(21)17(14)3/h7-11H,5-6H2,1-4H3. The Morgan fingerprint density at radius 1 is 1.10 bits per heavy atom. The molecular weight excluding hydrogens is 282 g/mol. The predicted molar refractivity (Wildman–Crippen MR) is 91.1 cm³/mol. The molecule has 0 aliphatic carbocycles. The number of benzene rings is 1. The molecule has 0 unspecified atom stereocenters. The van der Waals surface area contributed by atoms with Crippen molar-refractivity contribution in [2.45, 2.75) is 13.8 Å². The van der Waals surface area contributed by atoms with Crippen molar-refractivity contribution in [3.63, 3.8) is 0 Å². The Hall–Kier alpha value is -1.88. The smallest absolute Gasteiger partial charge is 0.276 e. The summed E-state index contributed by atoms with van der Waals surface area (Å²) in [6.07, 6.45) is 1.88. The second kappa shape index (κ2) is 6.26. The summed E-state index contributed by atoms with van der Waals surface area (Å²) in [6, 6.07) is 8.23. The first kappa shape index (κ1) is 15.5. The van der Waals surface area contributed by atoms with E-state index in [4.69, 9.17) is 12.2 Å². The van der Waals surface area contributed by atoms with Crippen LogP contribution in [0.15, 0.2) is 30.0 Å². The molecule has 0 saturated carbocycles. The van der Waals surface area contributed by atoms with E-state index in [0.717, 1.165) is 18.7 Å². The minimum absolute atomic E-state index is 0.0599. The largest absolute Gasteiger partial charge is 0.372 e. The van der Waals surface area contributed by atoms with Crippen molar-refractivity contribution in [1.82, 2.24) is 9.80 Å². The molecular formula is C16H21N3OS. The Kier molecular flexibility index (Phi) is 4.63. The maximum atomic E-state index is 12.1. The third-order valence-corrected chi connectivity index (χ3v) is 4.33. The summed E-state index contributed by atoms with van der Waals surface area (Å²) in [4.78, 5) is 17.6. The number of carbonyl (C=O) groups excluding carboxylic acids is 1. The van der Waals surface area contributed by atoms with Crippen LogP contribution in [-0.4, -0.2) is 48.0 Å². The van der Waals surface area contributed by atoms with Crippen LogP contribution < -0.4 is 4.90 Å². The van der Waals surface area contributed by atoms with Gasteiger partial charge < -0.3 is 9.80 Å². The molecule has 1 aliphatic heterocycles. The van der Waals surface area contributed by atoms with Crippen LogP contribution in [-0.2, 0) is 4.79 Å². The average Bonchev–Trinajstić information content (AvgIpc) is 2.68. The van der Waals surface area contributed by atoms with Gasteiger partial charge in [-0.25, -0.2) is 0 Å². The molecule has 0 radical (unpaired) electrons. The third-order valence-electron chi connectivity index (χ3n) is 3.78. The number of anilines is 1. The Labute approximate surface area is 131 Å². The molecule has 0 atom stereocenters. The molecule has 1 aliphatic rings. The fourth-order valence-electron chi connectivity index (χ4n) is 2.42. The first-order chi connectivity index (χ1) is 9.99. The van der Waals surface area contributed by atoms with Gasteiger partial charge in [0.15, 0.2) is 5.11 Å². The van der Waals surface area contributed by atoms with Gasteiger partial charge in [-0.15, -0.1) is 0 Å². The number of carbonyl (C=O) groups is 1. The molecule has 0 bridgehead atoms. The number of hydrogen-bond acceptors (Lipinski definition) is 3. The first-order valence-electron chi connectivity index (χ1n) is 7.12. The van der Waals surface area contributed by atoms with Gasteiger partial charge in [-0.1, -0.05) is 12.1 Å². The molecule has 1 heterocycles. The molecule has 1 aromatic rings. The van der Waals surface area contributed by atoms with E-state index in [1.807, 2.05) is 25.3 Å². The molecule has 0 aromatic heterocycles. The Morgan fingerprint density at radius 2 is 1.67 bits per heavy atom. The monoisotopic (exact) mass is 303 g/mol. The van der Waals surface area contributed by atoms with Crippen LogP contribution in [0.3, 0.4) is 0 Å². The van der Waals surface area contributed by atoms with Crippen LogP contribution >= 0.6 is 12.2 Å². The van der Waals surface area contributed by atoms with Crippen molar-refractivity contribution in [2.24, 2.45) is 0 Å². The van der Waals surface area contributed by atoms with Crippen LogP contribution in [0.1, 0.15) is 19.4 Å². The van der Waals surface area contributed by atoms with Crippen molar-refractivity contribution in [1.29, 1.82) is 0 Å². The van der Waals surface area contributed by atoms with Crippen LogP contribution in [0.5, 0.6) is 0 Å². The Bertz CT molecular complexity index is 576. The predicted octanol–water partition coefficient (Wildman–Crippen LogP) is 2.56. The summed E-state index contributed by atoms with van der Waals surface area (Å²) in [5, 5.41) is 0.533. The van der Waals surface area contributed by atoms with Gasteiger partial charge in [0.25, 0.3) is 5.91 Å². The molecule has 21 heavy (non-hydrogen) atoms. The fourth-order valence-corrected chi connectivity index (χ4v) is 2.60. The van der Waals surface area contributed by atoms with Gasteiger partial charge in [0.2, 0.25) is 0 Å². The number of nitrogens with zero attached hydrogens (tertiary/aromatic N) is 3. The summed E-state index contributed by atoms with van der Waals surface area (Å²) < 4.78 is 0. The molecule has 1 aromatic carbocycles. The third kappa shape index (κ3) is 2.93. The highest BCUT2D eigenvalue weighted by molar-refractivity contribution is 7.80. The Balaban J connectivity index is 2.26. The number of rotatable bonds is 4. The average molecular weight is 303 g/mol. The van der Waals surface area contributed by atoms with Crippen molar-refractivity contribution in [3.05, 3.63) is 35.5 Å². The minimum Gasteiger partial charge on any atom is -0.372 e. The molecule has 0 N–H and O–H groups in total. The van der Waals surface area contributed by atoms with E-state index < -0.39 is 0 Å². The van der Waals surface area contributed by atoms with Crippen molar-refractivity contribution >= 4 is 35.0 Å². The van der Waals surface area contributed by atoms with E-state index in [1.165, 1.54) is 10.6 Å². The maximum absolute atomic E-state index is 12.1. The zero-order valence-electron chi connectivity index (χ0n) is 13.0. The van der Waals surface area contributed by atoms with Gasteiger partial charge in [0, 0.05) is 32.9 Å². The fraction of sp³-hybridized carbons (Fsp3) is 0.375. The van der Waals surface area contributed by atoms with E-state index in [2.05, 4.69) is 30.9 Å². The van der Waals surface area contributed by atoms with E-state index in [0.29, 0.717) is 10.8 Å². The van der Waals surface area contributed by atoms with Crippen LogP contribution in [0.2, 0.25) is 0 Å². The molecule has 2 rings (SSSR count). The van der Waals surface area contributed by atoms with Gasteiger partial charge in [-0.2, -0.15) is 0 Å². The highest BCUT2D eigenvalue weighted by Crippen LogP contribution is 2.22. The van der Waals surface area contributed by atoms with Crippen LogP contribution in [0.25, 0.3) is 6.08 Å². The normalized spacial score (nSPS) is 17.0. The van der Waals surface area contributed by atoms with Crippen LogP contribution in [0, 0.1) is 0 Å². The number of amides is 1. The Morgan fingerprint density at radius 3 is 2.10 bits per heavy atom. The lowest BCUT2D eigenvalue weighted by atomic mass is 10.1. The maximum Gasteiger partial charge on any atom is 0.276 e. The molecule has 112 valence electrons. The van der Waals surface area contributed by atoms with E-state index in [1.54, 1.807) is 11.9 Å². The number of thiocarbonyl (C=S) groups is 1. The molecule has 1 saturated heterocycles. The van der Waals surface area contributed by atoms with Crippen molar-refractivity contribution in [3.8, 4) is 0 Å². The highest BCUT2D eigenvalue weighted by Gasteiger charge is 2.32. The topological polar surface area (TPSA) is 26.8 Å². The van der Waals surface area contributed by atoms with Gasteiger partial charge in [-0.3, -0.25) is 9.69 Å². The SMILES string of the molecule is CCN(CC)c1ccc(C=C2C(=O)N(C)C(=S)N2C)cc1. The lowest BCUT2D eigenvalue weighted by Gasteiger charge is -2.21. The highest BCUT2D eigenvalue weighted by atomic mass is 32.1. The summed E-state index contributed by atoms with van der Waals surface area (Å²) in [7, 11) is 3.52. The van der Waals surface area contributed by atoms with E-state index in [-0.39, 0.29) is 5.91 Å². The molecule has 1 amide bonds. The second-order valence-corrected chi connectivity index (χ2v) is 5.36. The van der Waals surface area contributed by atoms with Gasteiger partial charge in [-0.05, 0) is 49.8 Å². The summed E-state index contributed by atoms with van der Waals surface area (Å²) in [5.41, 5.74) is 2.80. The van der Waals surface area contributed by atoms with Crippen molar-refractivity contribution in [2.75, 3.05) is 32.1 Å². The minimum atomic E-state index is -0.0599. The summed E-state index contributed by atoms with van der Waals surface area (Å²) in [5.74, 6) is -0.0599. The zero-order valence-corrected chi connectivity index (χ0v) is 13.8. The van der Waals surface area contributed by atoms with Gasteiger partial charge >= 0.3 is 0 Å². The number of hydrogen-bond donors (Lipinski definition) is 0. The van der Waals surface area contributed by atoms with Crippen molar-refractivity contribution < 1.29 is 4.79 Å². The second-order valence-electron chi connectivity index (χ2n) is 5.00. The quantitative estimate of drug-likeness (QED) is 0.631. The number of likely N-dealkylation sites (N-methyl/N-ethyl adjacent to an activating group) is 2.